The molecule has 5 nitrogen and oxygen atoms in total. The highest BCUT2D eigenvalue weighted by Gasteiger charge is 2.16. The Balaban J connectivity index is 1.58. The number of anilines is 2. The van der Waals surface area contributed by atoms with Crippen LogP contribution in [0.5, 0.6) is 5.75 Å². The molecule has 30 heavy (non-hydrogen) atoms. The van der Waals surface area contributed by atoms with E-state index in [0.717, 1.165) is 5.56 Å². The SMILES string of the molecule is Cc1cccc(C(=O)Nc2ccc(NC(=O)[C@@H](C)Oc3ccc(Cl)cc3Cl)cc2)c1. The molecule has 3 rings (SSSR count). The van der Waals surface area contributed by atoms with Crippen molar-refractivity contribution in [3.63, 3.8) is 0 Å². The van der Waals surface area contributed by atoms with Crippen molar-refractivity contribution in [2.24, 2.45) is 0 Å². The Kier molecular flexibility index (Phi) is 6.98. The van der Waals surface area contributed by atoms with Crippen molar-refractivity contribution < 1.29 is 14.3 Å². The normalized spacial score (nSPS) is 11.5. The zero-order valence-electron chi connectivity index (χ0n) is 16.4. The topological polar surface area (TPSA) is 67.4 Å². The van der Waals surface area contributed by atoms with E-state index in [2.05, 4.69) is 10.6 Å². The Morgan fingerprint density at radius 2 is 1.57 bits per heavy atom. The van der Waals surface area contributed by atoms with E-state index in [4.69, 9.17) is 27.9 Å². The molecule has 0 aliphatic rings. The molecule has 0 fully saturated rings. The van der Waals surface area contributed by atoms with Gasteiger partial charge in [-0.1, -0.05) is 40.9 Å². The molecule has 0 saturated heterocycles. The maximum Gasteiger partial charge on any atom is 0.265 e. The lowest BCUT2D eigenvalue weighted by molar-refractivity contribution is -0.122. The van der Waals surface area contributed by atoms with Gasteiger partial charge >= 0.3 is 0 Å². The molecule has 2 N–H and O–H groups in total. The summed E-state index contributed by atoms with van der Waals surface area (Å²) < 4.78 is 5.61. The molecule has 0 saturated carbocycles. The van der Waals surface area contributed by atoms with Crippen molar-refractivity contribution >= 4 is 46.4 Å². The molecule has 3 aromatic carbocycles. The lowest BCUT2D eigenvalue weighted by Gasteiger charge is -2.16. The van der Waals surface area contributed by atoms with Crippen LogP contribution >= 0.6 is 23.2 Å². The summed E-state index contributed by atoms with van der Waals surface area (Å²) in [4.78, 5) is 24.7. The van der Waals surface area contributed by atoms with Gasteiger partial charge in [-0.15, -0.1) is 0 Å². The number of aryl methyl sites for hydroxylation is 1. The zero-order valence-corrected chi connectivity index (χ0v) is 17.9. The number of benzene rings is 3. The second-order valence-corrected chi connectivity index (χ2v) is 7.57. The van der Waals surface area contributed by atoms with Crippen LogP contribution in [0.25, 0.3) is 0 Å². The van der Waals surface area contributed by atoms with Crippen molar-refractivity contribution in [3.05, 3.63) is 87.9 Å². The highest BCUT2D eigenvalue weighted by Crippen LogP contribution is 2.28. The second kappa shape index (κ2) is 9.65. The van der Waals surface area contributed by atoms with Crippen LogP contribution in [0.4, 0.5) is 11.4 Å². The molecule has 7 heteroatoms. The van der Waals surface area contributed by atoms with E-state index in [1.165, 1.54) is 0 Å². The third-order valence-electron chi connectivity index (χ3n) is 4.26. The molecule has 0 unspecified atom stereocenters. The van der Waals surface area contributed by atoms with Crippen molar-refractivity contribution in [1.29, 1.82) is 0 Å². The highest BCUT2D eigenvalue weighted by molar-refractivity contribution is 6.35. The summed E-state index contributed by atoms with van der Waals surface area (Å²) in [7, 11) is 0. The zero-order chi connectivity index (χ0) is 21.7. The predicted octanol–water partition coefficient (Wildman–Crippen LogP) is 5.96. The molecule has 0 heterocycles. The third kappa shape index (κ3) is 5.75. The first-order valence-electron chi connectivity index (χ1n) is 9.22. The molecule has 0 aliphatic heterocycles. The summed E-state index contributed by atoms with van der Waals surface area (Å²) in [6, 6.07) is 19.0. The summed E-state index contributed by atoms with van der Waals surface area (Å²) in [6.07, 6.45) is -0.774. The van der Waals surface area contributed by atoms with Gasteiger partial charge in [-0.25, -0.2) is 0 Å². The van der Waals surface area contributed by atoms with Crippen LogP contribution in [0.15, 0.2) is 66.7 Å². The number of nitrogens with one attached hydrogen (secondary N) is 2. The molecule has 1 atom stereocenters. The Hall–Kier alpha value is -3.02. The standard InChI is InChI=1S/C23H20Cl2N2O3/c1-14-4-3-5-16(12-14)23(29)27-19-9-7-18(8-10-19)26-22(28)15(2)30-21-11-6-17(24)13-20(21)25/h3-13,15H,1-2H3,(H,26,28)(H,27,29)/t15-/m1/s1. The summed E-state index contributed by atoms with van der Waals surface area (Å²) in [5.41, 5.74) is 2.79. The molecule has 0 bridgehead atoms. The van der Waals surface area contributed by atoms with Crippen LogP contribution in [-0.2, 0) is 4.79 Å². The molecular formula is C23H20Cl2N2O3. The number of carbonyl (C=O) groups excluding carboxylic acids is 2. The number of amides is 2. The van der Waals surface area contributed by atoms with E-state index in [0.29, 0.717) is 32.7 Å². The Bertz CT molecular complexity index is 1070. The number of halogens is 2. The molecule has 0 aliphatic carbocycles. The van der Waals surface area contributed by atoms with E-state index in [1.54, 1.807) is 55.5 Å². The molecule has 2 amide bonds. The maximum absolute atomic E-state index is 12.4. The van der Waals surface area contributed by atoms with E-state index < -0.39 is 6.10 Å². The fourth-order valence-corrected chi connectivity index (χ4v) is 3.14. The third-order valence-corrected chi connectivity index (χ3v) is 4.79. The van der Waals surface area contributed by atoms with Crippen LogP contribution in [0, 0.1) is 6.92 Å². The van der Waals surface area contributed by atoms with Gasteiger partial charge in [0.05, 0.1) is 5.02 Å². The molecule has 0 aromatic heterocycles. The van der Waals surface area contributed by atoms with Crippen molar-refractivity contribution in [3.8, 4) is 5.75 Å². The monoisotopic (exact) mass is 442 g/mol. The maximum atomic E-state index is 12.4. The lowest BCUT2D eigenvalue weighted by Crippen LogP contribution is -2.30. The molecule has 0 radical (unpaired) electrons. The number of hydrogen-bond acceptors (Lipinski definition) is 3. The van der Waals surface area contributed by atoms with E-state index in [1.807, 2.05) is 25.1 Å². The summed E-state index contributed by atoms with van der Waals surface area (Å²) in [5.74, 6) is -0.159. The van der Waals surface area contributed by atoms with E-state index in [9.17, 15) is 9.59 Å². The van der Waals surface area contributed by atoms with Gasteiger partial charge in [0.15, 0.2) is 6.10 Å². The van der Waals surface area contributed by atoms with E-state index in [-0.39, 0.29) is 11.8 Å². The Labute approximate surface area is 185 Å². The molecule has 154 valence electrons. The van der Waals surface area contributed by atoms with Crippen LogP contribution in [0.2, 0.25) is 10.0 Å². The molecule has 0 spiro atoms. The van der Waals surface area contributed by atoms with Crippen LogP contribution in [0.1, 0.15) is 22.8 Å². The van der Waals surface area contributed by atoms with Crippen molar-refractivity contribution in [1.82, 2.24) is 0 Å². The quantitative estimate of drug-likeness (QED) is 0.494. The minimum Gasteiger partial charge on any atom is -0.479 e. The van der Waals surface area contributed by atoms with Gasteiger partial charge in [0.1, 0.15) is 5.75 Å². The number of hydrogen-bond donors (Lipinski definition) is 2. The van der Waals surface area contributed by atoms with Crippen LogP contribution in [0.3, 0.4) is 0 Å². The van der Waals surface area contributed by atoms with Gasteiger partial charge in [0.25, 0.3) is 11.8 Å². The fourth-order valence-electron chi connectivity index (χ4n) is 2.69. The van der Waals surface area contributed by atoms with Crippen molar-refractivity contribution in [2.75, 3.05) is 10.6 Å². The smallest absolute Gasteiger partial charge is 0.265 e. The molecule has 3 aromatic rings. The van der Waals surface area contributed by atoms with Crippen LogP contribution in [-0.4, -0.2) is 17.9 Å². The Morgan fingerprint density at radius 3 is 2.20 bits per heavy atom. The number of ether oxygens (including phenoxy) is 1. The Morgan fingerprint density at radius 1 is 0.900 bits per heavy atom. The van der Waals surface area contributed by atoms with Gasteiger partial charge in [-0.2, -0.15) is 0 Å². The minimum absolute atomic E-state index is 0.197. The highest BCUT2D eigenvalue weighted by atomic mass is 35.5. The average molecular weight is 443 g/mol. The fraction of sp³-hybridized carbons (Fsp3) is 0.130. The molecular weight excluding hydrogens is 423 g/mol. The van der Waals surface area contributed by atoms with Gasteiger partial charge in [-0.3, -0.25) is 9.59 Å². The number of carbonyl (C=O) groups is 2. The van der Waals surface area contributed by atoms with Gasteiger partial charge in [0, 0.05) is 22.0 Å². The lowest BCUT2D eigenvalue weighted by atomic mass is 10.1. The first-order chi connectivity index (χ1) is 14.3. The van der Waals surface area contributed by atoms with Crippen molar-refractivity contribution in [2.45, 2.75) is 20.0 Å². The number of rotatable bonds is 6. The van der Waals surface area contributed by atoms with Gasteiger partial charge in [-0.05, 0) is 68.4 Å². The second-order valence-electron chi connectivity index (χ2n) is 6.73. The first-order valence-corrected chi connectivity index (χ1v) is 9.98. The van der Waals surface area contributed by atoms with Gasteiger partial charge in [0.2, 0.25) is 0 Å². The minimum atomic E-state index is -0.774. The summed E-state index contributed by atoms with van der Waals surface area (Å²) >= 11 is 11.9. The largest absolute Gasteiger partial charge is 0.479 e. The predicted molar refractivity (Wildman–Crippen MR) is 121 cm³/mol. The first kappa shape index (κ1) is 21.7. The average Bonchev–Trinajstić information content (AvgIpc) is 2.71. The summed E-state index contributed by atoms with van der Waals surface area (Å²) in [5, 5.41) is 6.41. The summed E-state index contributed by atoms with van der Waals surface area (Å²) in [6.45, 7) is 3.55. The van der Waals surface area contributed by atoms with Gasteiger partial charge < -0.3 is 15.4 Å². The van der Waals surface area contributed by atoms with E-state index >= 15 is 0 Å². The van der Waals surface area contributed by atoms with Crippen LogP contribution < -0.4 is 15.4 Å².